The second-order valence-electron chi connectivity index (χ2n) is 29.9. The minimum absolute atomic E-state index is 0.0511. The Morgan fingerprint density at radius 3 is 0.688 bits per heavy atom. The highest BCUT2D eigenvalue weighted by atomic mass is 15.7. The first kappa shape index (κ1) is 65.8. The van der Waals surface area contributed by atoms with Gasteiger partial charge in [-0.25, -0.2) is 20.0 Å². The zero-order chi connectivity index (χ0) is 59.0. The largest absolute Gasteiger partial charge is 0.354 e. The lowest BCUT2D eigenvalue weighted by atomic mass is 9.81. The molecule has 0 atom stereocenters. The van der Waals surface area contributed by atoms with Crippen molar-refractivity contribution in [1.82, 2.24) is 49.9 Å². The molecule has 4 saturated heterocycles. The molecule has 4 aliphatic heterocycles. The van der Waals surface area contributed by atoms with E-state index in [1.54, 1.807) is 0 Å². The van der Waals surface area contributed by atoms with Crippen molar-refractivity contribution < 1.29 is 0 Å². The second-order valence-corrected chi connectivity index (χ2v) is 29.9. The highest BCUT2D eigenvalue weighted by Crippen LogP contribution is 2.46. The van der Waals surface area contributed by atoms with Gasteiger partial charge in [-0.05, 0) is 226 Å². The quantitative estimate of drug-likeness (QED) is 0.0750. The van der Waals surface area contributed by atoms with Crippen LogP contribution in [0.15, 0.2) is 0 Å². The fourth-order valence-electron chi connectivity index (χ4n) is 15.3. The van der Waals surface area contributed by atoms with Crippen molar-refractivity contribution in [2.75, 3.05) is 69.9 Å². The third kappa shape index (κ3) is 15.9. The Morgan fingerprint density at radius 1 is 0.300 bits per heavy atom. The fourth-order valence-corrected chi connectivity index (χ4v) is 15.3. The molecular formula is C64H122N16. The van der Waals surface area contributed by atoms with Gasteiger partial charge in [0.25, 0.3) is 0 Å². The molecule has 0 bridgehead atoms. The summed E-state index contributed by atoms with van der Waals surface area (Å²) in [6.07, 6.45) is 26.7. The van der Waals surface area contributed by atoms with E-state index < -0.39 is 0 Å². The second kappa shape index (κ2) is 27.1. The van der Waals surface area contributed by atoms with Crippen LogP contribution in [0.4, 0.5) is 35.7 Å². The summed E-state index contributed by atoms with van der Waals surface area (Å²) in [4.78, 5) is 32.6. The minimum atomic E-state index is -0.0511. The van der Waals surface area contributed by atoms with E-state index in [1.165, 1.54) is 25.7 Å². The summed E-state index contributed by atoms with van der Waals surface area (Å²) in [6.45, 7) is 52.8. The highest BCUT2D eigenvalue weighted by Gasteiger charge is 2.50. The lowest BCUT2D eigenvalue weighted by Crippen LogP contribution is -2.67. The molecule has 0 unspecified atom stereocenters. The van der Waals surface area contributed by atoms with Gasteiger partial charge in [-0.1, -0.05) is 66.2 Å². The van der Waals surface area contributed by atoms with E-state index in [-0.39, 0.29) is 44.3 Å². The van der Waals surface area contributed by atoms with Gasteiger partial charge < -0.3 is 10.6 Å². The van der Waals surface area contributed by atoms with E-state index in [4.69, 9.17) is 29.9 Å². The van der Waals surface area contributed by atoms with Crippen LogP contribution in [0.5, 0.6) is 0 Å². The maximum atomic E-state index is 5.56. The summed E-state index contributed by atoms with van der Waals surface area (Å²) in [7, 11) is 0. The molecule has 2 aromatic rings. The van der Waals surface area contributed by atoms with Gasteiger partial charge in [-0.3, -0.25) is 20.0 Å². The standard InChI is InChI=1S/C64H122N16/c1-21-25-47-73(77-57(5,6)37-33-38-58(77,7)8)53-67-51(68-54(71-53)74(48-26-22-2)78-59(9,10)39-34-40-60(78,11)12)65-45-31-29-30-32-46-66-52-69-55(75(49-27-23-3)79-61(13,14)41-35-42-62(79,15)16)72-56(70-52)76(50-28-24-4)80-63(17,18)43-36-44-64(80,19)20/h21-50H2,1-20H3,(H,65,67,68,71)(H,66,69,70,72). The number of hydrogen-bond acceptors (Lipinski definition) is 16. The number of nitrogens with zero attached hydrogens (tertiary/aromatic N) is 14. The predicted octanol–water partition coefficient (Wildman–Crippen LogP) is 15.4. The normalized spacial score (nSPS) is 22.4. The van der Waals surface area contributed by atoms with Crippen molar-refractivity contribution in [2.45, 2.75) is 337 Å². The van der Waals surface area contributed by atoms with Gasteiger partial charge in [0.1, 0.15) is 0 Å². The SMILES string of the molecule is CCCCN(c1nc(NCCCCCCNc2nc(N(CCCC)N3C(C)(C)CCCC3(C)C)nc(N(CCCC)N3C(C)(C)CCCC3(C)C)n2)nc(N(CCCC)N2C(C)(C)CCCC2(C)C)n1)N1C(C)(C)CCCC1(C)C. The van der Waals surface area contributed by atoms with Gasteiger partial charge in [0, 0.05) is 83.6 Å². The fraction of sp³-hybridized carbons (Fsp3) is 0.906. The third-order valence-corrected chi connectivity index (χ3v) is 18.6. The number of hydrogen-bond donors (Lipinski definition) is 2. The average Bonchev–Trinajstić information content (AvgIpc) is 3.40. The van der Waals surface area contributed by atoms with Crippen LogP contribution in [0.1, 0.15) is 293 Å². The number of piperidine rings is 4. The topological polar surface area (TPSA) is 127 Å². The maximum Gasteiger partial charge on any atom is 0.246 e. The number of nitrogens with one attached hydrogen (secondary N) is 2. The third-order valence-electron chi connectivity index (χ3n) is 18.6. The van der Waals surface area contributed by atoms with Crippen molar-refractivity contribution in [3.05, 3.63) is 0 Å². The number of anilines is 6. The lowest BCUT2D eigenvalue weighted by Gasteiger charge is -2.57. The Bertz CT molecular complexity index is 1870. The number of unbranched alkanes of at least 4 members (excludes halogenated alkanes) is 7. The van der Waals surface area contributed by atoms with Gasteiger partial charge >= 0.3 is 0 Å². The maximum absolute atomic E-state index is 5.56. The zero-order valence-electron chi connectivity index (χ0n) is 55.5. The molecule has 80 heavy (non-hydrogen) atoms. The van der Waals surface area contributed by atoms with Crippen molar-refractivity contribution >= 4 is 35.7 Å². The summed E-state index contributed by atoms with van der Waals surface area (Å²) in [5, 5.41) is 27.9. The summed E-state index contributed by atoms with van der Waals surface area (Å²) < 4.78 is 0. The monoisotopic (exact) mass is 1120 g/mol. The molecule has 6 rings (SSSR count). The van der Waals surface area contributed by atoms with E-state index in [2.05, 4.69) is 189 Å². The summed E-state index contributed by atoms with van der Waals surface area (Å²) in [5.41, 5.74) is -0.409. The van der Waals surface area contributed by atoms with Crippen molar-refractivity contribution in [2.24, 2.45) is 0 Å². The molecule has 4 aliphatic rings. The highest BCUT2D eigenvalue weighted by molar-refractivity contribution is 5.47. The average molecular weight is 1120 g/mol. The van der Waals surface area contributed by atoms with Gasteiger partial charge in [0.15, 0.2) is 0 Å². The Kier molecular flexibility index (Phi) is 22.3. The summed E-state index contributed by atoms with van der Waals surface area (Å²) >= 11 is 0. The van der Waals surface area contributed by atoms with E-state index in [1.807, 2.05) is 0 Å². The molecule has 0 aliphatic carbocycles. The van der Waals surface area contributed by atoms with Crippen LogP contribution in [0.2, 0.25) is 0 Å². The molecule has 0 spiro atoms. The van der Waals surface area contributed by atoms with Crippen molar-refractivity contribution in [1.29, 1.82) is 0 Å². The molecule has 0 aromatic carbocycles. The predicted molar refractivity (Wildman–Crippen MR) is 340 cm³/mol. The van der Waals surface area contributed by atoms with Crippen molar-refractivity contribution in [3.8, 4) is 0 Å². The first-order valence-corrected chi connectivity index (χ1v) is 32.8. The number of hydrazine groups is 4. The van der Waals surface area contributed by atoms with Crippen LogP contribution in [0, 0.1) is 0 Å². The van der Waals surface area contributed by atoms with E-state index in [0.717, 1.165) is 191 Å². The molecule has 16 heteroatoms. The van der Waals surface area contributed by atoms with Crippen LogP contribution in [0.25, 0.3) is 0 Å². The number of rotatable bonds is 29. The minimum Gasteiger partial charge on any atom is -0.354 e. The van der Waals surface area contributed by atoms with Gasteiger partial charge in [-0.15, -0.1) is 0 Å². The van der Waals surface area contributed by atoms with Crippen LogP contribution in [0.3, 0.4) is 0 Å². The zero-order valence-corrected chi connectivity index (χ0v) is 55.5. The van der Waals surface area contributed by atoms with Gasteiger partial charge in [0.2, 0.25) is 35.7 Å². The molecule has 4 fully saturated rings. The summed E-state index contributed by atoms with van der Waals surface area (Å²) in [6, 6.07) is 0. The van der Waals surface area contributed by atoms with E-state index >= 15 is 0 Å². The Balaban J connectivity index is 1.26. The Morgan fingerprint density at radius 2 is 0.500 bits per heavy atom. The molecular weight excluding hydrogens is 993 g/mol. The van der Waals surface area contributed by atoms with Gasteiger partial charge in [0.05, 0.1) is 0 Å². The van der Waals surface area contributed by atoms with Crippen LogP contribution in [-0.4, -0.2) is 134 Å². The summed E-state index contributed by atoms with van der Waals surface area (Å²) in [5.74, 6) is 4.37. The molecule has 458 valence electrons. The molecule has 0 radical (unpaired) electrons. The molecule has 0 saturated carbocycles. The van der Waals surface area contributed by atoms with Gasteiger partial charge in [-0.2, -0.15) is 29.9 Å². The van der Waals surface area contributed by atoms with Crippen LogP contribution < -0.4 is 30.7 Å². The first-order valence-electron chi connectivity index (χ1n) is 32.8. The van der Waals surface area contributed by atoms with Crippen LogP contribution in [-0.2, 0) is 0 Å². The van der Waals surface area contributed by atoms with E-state index in [0.29, 0.717) is 11.9 Å². The smallest absolute Gasteiger partial charge is 0.246 e. The molecule has 2 aromatic heterocycles. The first-order chi connectivity index (χ1) is 37.5. The van der Waals surface area contributed by atoms with Crippen LogP contribution >= 0.6 is 0 Å². The molecule has 6 heterocycles. The molecule has 2 N–H and O–H groups in total. The van der Waals surface area contributed by atoms with Crippen molar-refractivity contribution in [3.63, 3.8) is 0 Å². The Hall–Kier alpha value is -3.34. The Labute approximate surface area is 490 Å². The number of aromatic nitrogens is 6. The van der Waals surface area contributed by atoms with E-state index in [9.17, 15) is 0 Å². The molecule has 0 amide bonds. The lowest BCUT2D eigenvalue weighted by molar-refractivity contribution is -0.0413. The molecule has 16 nitrogen and oxygen atoms in total.